The highest BCUT2D eigenvalue weighted by Crippen LogP contribution is 2.16. The maximum atomic E-state index is 14.7. The molecule has 0 aliphatic carbocycles. The minimum atomic E-state index is -1.33. The first-order valence-corrected chi connectivity index (χ1v) is 31.9. The molecule has 0 spiro atoms. The van der Waals surface area contributed by atoms with Crippen LogP contribution in [0, 0.1) is 23.7 Å². The fourth-order valence-electron chi connectivity index (χ4n) is 9.91. The number of carbonyl (C=O) groups excluding carboxylic acids is 9. The predicted molar refractivity (Wildman–Crippen MR) is 343 cm³/mol. The first-order valence-electron chi connectivity index (χ1n) is 31.9. The van der Waals surface area contributed by atoms with Crippen LogP contribution in [0.25, 0.3) is 0 Å². The zero-order chi connectivity index (χ0) is 66.6. The summed E-state index contributed by atoms with van der Waals surface area (Å²) in [5, 5.41) is 35.0. The smallest absolute Gasteiger partial charge is 0.326 e. The molecule has 2 aromatic carbocycles. The molecule has 9 amide bonds. The van der Waals surface area contributed by atoms with Crippen molar-refractivity contribution in [2.75, 3.05) is 26.2 Å². The van der Waals surface area contributed by atoms with Crippen molar-refractivity contribution >= 4 is 59.1 Å². The molecule has 25 nitrogen and oxygen atoms in total. The number of aliphatic carboxylic acids is 1. The average molecular weight is 1250 g/mol. The summed E-state index contributed by atoms with van der Waals surface area (Å²) in [4.78, 5) is 140. The zero-order valence-electron chi connectivity index (χ0n) is 53.9. The van der Waals surface area contributed by atoms with Crippen LogP contribution in [-0.4, -0.2) is 151 Å². The van der Waals surface area contributed by atoms with Crippen molar-refractivity contribution in [3.63, 3.8) is 0 Å². The van der Waals surface area contributed by atoms with Crippen LogP contribution in [0.4, 0.5) is 0 Å². The standard InChI is InChI=1S/C64H108N14O11/c1-39(2)35-49(74-59(83)50(36-40(3)4)73-57(81)47(29-17-21-33-67)71-62(86)53(41(5)6)78-63(87)54(42(7)8)77-55(79)45(69)27-15-19-31-65)58(82)70-46(28-16-20-32-66)56(80)75-52(38-44-25-13-10-14-26-44)61(85)76-51(37-43-23-11-9-12-24-43)60(84)72-48(64(88)89)30-18-22-34-68/h9-14,23-26,39-42,45-54H,15-22,27-38,65-69H2,1-8H3,(H,70,82)(H,71,86)(H,72,84)(H,73,81)(H,74,83)(H,75,80)(H,76,85)(H,77,79)(H,78,87)(H,88,89)/t45-,46-,47-,48-,49-,50-,51-,52-,53-,54-/m0/s1. The van der Waals surface area contributed by atoms with Gasteiger partial charge in [-0.05, 0) is 144 Å². The monoisotopic (exact) mass is 1250 g/mol. The first-order chi connectivity index (χ1) is 42.3. The molecule has 0 fully saturated rings. The topological polar surface area (TPSA) is 429 Å². The summed E-state index contributed by atoms with van der Waals surface area (Å²) in [5.41, 5.74) is 30.4. The highest BCUT2D eigenvalue weighted by Gasteiger charge is 2.37. The zero-order valence-corrected chi connectivity index (χ0v) is 53.9. The van der Waals surface area contributed by atoms with Crippen molar-refractivity contribution in [2.24, 2.45) is 52.3 Å². The summed E-state index contributed by atoms with van der Waals surface area (Å²) < 4.78 is 0. The van der Waals surface area contributed by atoms with Crippen LogP contribution in [0.3, 0.4) is 0 Å². The van der Waals surface area contributed by atoms with E-state index in [1.54, 1.807) is 88.4 Å². The Labute approximate surface area is 527 Å². The molecule has 25 heteroatoms. The maximum Gasteiger partial charge on any atom is 0.326 e. The molecule has 0 unspecified atom stereocenters. The SMILES string of the molecule is CC(C)C[C@H](NC(=O)[C@H](CC(C)C)NC(=O)[C@H](CCCCN)NC(=O)[C@@H](NC(=O)[C@@H](NC(=O)[C@@H](N)CCCCN)C(C)C)C(C)C)C(=O)N[C@@H](CCCCN)C(=O)N[C@@H](Cc1ccccc1)C(=O)N[C@@H](Cc1ccccc1)C(=O)N[C@@H](CCCCN)C(=O)O. The van der Waals surface area contributed by atoms with Crippen LogP contribution >= 0.6 is 0 Å². The minimum Gasteiger partial charge on any atom is -0.480 e. The van der Waals surface area contributed by atoms with E-state index in [-0.39, 0.29) is 63.3 Å². The Morgan fingerprint density at radius 2 is 0.629 bits per heavy atom. The third kappa shape index (κ3) is 30.3. The molecule has 0 bridgehead atoms. The number of nitrogens with one attached hydrogen (secondary N) is 9. The number of carboxylic acids is 1. The molecular formula is C64H108N14O11. The van der Waals surface area contributed by atoms with Gasteiger partial charge in [0.05, 0.1) is 6.04 Å². The van der Waals surface area contributed by atoms with E-state index in [4.69, 9.17) is 28.7 Å². The third-order valence-electron chi connectivity index (χ3n) is 15.0. The Hall–Kier alpha value is -7.06. The van der Waals surface area contributed by atoms with Crippen molar-refractivity contribution in [3.8, 4) is 0 Å². The lowest BCUT2D eigenvalue weighted by molar-refractivity contribution is -0.142. The van der Waals surface area contributed by atoms with Gasteiger partial charge < -0.3 is 81.6 Å². The Balaban J connectivity index is 2.50. The molecular weight excluding hydrogens is 1140 g/mol. The fraction of sp³-hybridized carbons (Fsp3) is 0.656. The van der Waals surface area contributed by atoms with Crippen molar-refractivity contribution in [2.45, 2.75) is 219 Å². The molecule has 2 aromatic rings. The average Bonchev–Trinajstić information content (AvgIpc) is 3.44. The van der Waals surface area contributed by atoms with Crippen LogP contribution in [0.5, 0.6) is 0 Å². The molecule has 0 saturated heterocycles. The van der Waals surface area contributed by atoms with Gasteiger partial charge in [0.2, 0.25) is 53.2 Å². The second kappa shape index (κ2) is 42.8. The summed E-state index contributed by atoms with van der Waals surface area (Å²) in [7, 11) is 0. The van der Waals surface area contributed by atoms with E-state index >= 15 is 0 Å². The van der Waals surface area contributed by atoms with E-state index in [0.717, 1.165) is 0 Å². The van der Waals surface area contributed by atoms with E-state index in [1.807, 2.05) is 27.7 Å². The summed E-state index contributed by atoms with van der Waals surface area (Å²) in [6, 6.07) is 5.75. The van der Waals surface area contributed by atoms with Gasteiger partial charge in [0.15, 0.2) is 0 Å². The lowest BCUT2D eigenvalue weighted by Crippen LogP contribution is -2.61. The number of amides is 9. The number of rotatable bonds is 45. The molecule has 0 aromatic heterocycles. The molecule has 500 valence electrons. The number of hydrogen-bond acceptors (Lipinski definition) is 15. The number of benzene rings is 2. The highest BCUT2D eigenvalue weighted by atomic mass is 16.4. The van der Waals surface area contributed by atoms with E-state index in [9.17, 15) is 53.1 Å². The van der Waals surface area contributed by atoms with Gasteiger partial charge in [0, 0.05) is 12.8 Å². The normalized spacial score (nSPS) is 14.8. The van der Waals surface area contributed by atoms with Crippen LogP contribution in [0.1, 0.15) is 156 Å². The minimum absolute atomic E-state index is 0.0233. The molecule has 0 radical (unpaired) electrons. The second-order valence-corrected chi connectivity index (χ2v) is 24.6. The first kappa shape index (κ1) is 78.0. The van der Waals surface area contributed by atoms with Gasteiger partial charge in [-0.1, -0.05) is 122 Å². The molecule has 2 rings (SSSR count). The van der Waals surface area contributed by atoms with Crippen molar-refractivity contribution in [3.05, 3.63) is 71.8 Å². The maximum absolute atomic E-state index is 14.7. The van der Waals surface area contributed by atoms with Crippen molar-refractivity contribution < 1.29 is 53.1 Å². The van der Waals surface area contributed by atoms with Gasteiger partial charge in [-0.25, -0.2) is 4.79 Å². The molecule has 89 heavy (non-hydrogen) atoms. The third-order valence-corrected chi connectivity index (χ3v) is 15.0. The number of hydrogen-bond donors (Lipinski definition) is 15. The Morgan fingerprint density at radius 1 is 0.348 bits per heavy atom. The molecule has 0 aliphatic rings. The summed E-state index contributed by atoms with van der Waals surface area (Å²) >= 11 is 0. The number of carboxylic acid groups (broad SMARTS) is 1. The van der Waals surface area contributed by atoms with E-state index in [1.165, 1.54) is 0 Å². The Morgan fingerprint density at radius 3 is 0.978 bits per heavy atom. The summed E-state index contributed by atoms with van der Waals surface area (Å²) in [5.74, 6) is -8.71. The Bertz CT molecular complexity index is 2490. The van der Waals surface area contributed by atoms with Gasteiger partial charge in [-0.15, -0.1) is 0 Å². The van der Waals surface area contributed by atoms with Gasteiger partial charge in [-0.2, -0.15) is 0 Å². The van der Waals surface area contributed by atoms with Gasteiger partial charge in [-0.3, -0.25) is 43.2 Å². The summed E-state index contributed by atoms with van der Waals surface area (Å²) in [6.45, 7) is 15.7. The highest BCUT2D eigenvalue weighted by molar-refractivity contribution is 5.98. The second-order valence-electron chi connectivity index (χ2n) is 24.6. The van der Waals surface area contributed by atoms with Crippen LogP contribution in [0.15, 0.2) is 60.7 Å². The van der Waals surface area contributed by atoms with Crippen LogP contribution in [-0.2, 0) is 60.8 Å². The largest absolute Gasteiger partial charge is 0.480 e. The van der Waals surface area contributed by atoms with E-state index < -0.39 is 131 Å². The lowest BCUT2D eigenvalue weighted by atomic mass is 9.98. The molecule has 0 saturated carbocycles. The number of carbonyl (C=O) groups is 10. The fourth-order valence-corrected chi connectivity index (χ4v) is 9.91. The lowest BCUT2D eigenvalue weighted by Gasteiger charge is -2.30. The quantitative estimate of drug-likeness (QED) is 0.0414. The predicted octanol–water partition coefficient (Wildman–Crippen LogP) is 1.17. The molecule has 0 heterocycles. The van der Waals surface area contributed by atoms with Gasteiger partial charge in [0.25, 0.3) is 0 Å². The van der Waals surface area contributed by atoms with Gasteiger partial charge in [0.1, 0.15) is 54.4 Å². The van der Waals surface area contributed by atoms with Gasteiger partial charge >= 0.3 is 5.97 Å². The molecule has 0 aliphatic heterocycles. The van der Waals surface area contributed by atoms with E-state index in [0.29, 0.717) is 88.5 Å². The number of unbranched alkanes of at least 4 members (excludes halogenated alkanes) is 4. The van der Waals surface area contributed by atoms with Crippen molar-refractivity contribution in [1.82, 2.24) is 47.9 Å². The number of nitrogens with two attached hydrogens (primary N) is 5. The summed E-state index contributed by atoms with van der Waals surface area (Å²) in [6.07, 6.45) is 4.83. The van der Waals surface area contributed by atoms with Crippen molar-refractivity contribution in [1.29, 1.82) is 0 Å². The van der Waals surface area contributed by atoms with Crippen LogP contribution in [0.2, 0.25) is 0 Å². The molecule has 20 N–H and O–H groups in total. The van der Waals surface area contributed by atoms with Crippen LogP contribution < -0.4 is 76.5 Å². The van der Waals surface area contributed by atoms with E-state index in [2.05, 4.69) is 47.9 Å². The Kier molecular flexibility index (Phi) is 37.5. The molecule has 10 atom stereocenters.